The predicted octanol–water partition coefficient (Wildman–Crippen LogP) is 3.45. The Kier molecular flexibility index (Phi) is 10.7. The molecule has 30 heavy (non-hydrogen) atoms. The third-order valence-electron chi connectivity index (χ3n) is 4.25. The van der Waals surface area contributed by atoms with Gasteiger partial charge in [-0.05, 0) is 49.1 Å². The molecule has 0 atom stereocenters. The average molecular weight is 548 g/mol. The zero-order valence-electron chi connectivity index (χ0n) is 17.7. The molecule has 0 amide bonds. The number of benzene rings is 2. The molecule has 0 aliphatic rings. The van der Waals surface area contributed by atoms with Crippen LogP contribution >= 0.6 is 24.0 Å². The lowest BCUT2D eigenvalue weighted by Crippen LogP contribution is -2.36. The maximum absolute atomic E-state index is 13.7. The Bertz CT molecular complexity index is 965. The molecule has 0 heterocycles. The van der Waals surface area contributed by atoms with Gasteiger partial charge in [-0.25, -0.2) is 17.5 Å². The van der Waals surface area contributed by atoms with Crippen molar-refractivity contribution < 1.29 is 12.8 Å². The molecule has 2 rings (SSSR count). The van der Waals surface area contributed by atoms with Crippen LogP contribution in [0.3, 0.4) is 0 Å². The van der Waals surface area contributed by atoms with Crippen molar-refractivity contribution in [3.63, 3.8) is 0 Å². The zero-order chi connectivity index (χ0) is 21.4. The first kappa shape index (κ1) is 26.3. The number of guanidine groups is 1. The lowest BCUT2D eigenvalue weighted by atomic mass is 10.1. The fourth-order valence-corrected chi connectivity index (χ4v) is 4.30. The van der Waals surface area contributed by atoms with Gasteiger partial charge in [0.1, 0.15) is 5.82 Å². The van der Waals surface area contributed by atoms with Gasteiger partial charge in [-0.3, -0.25) is 4.99 Å². The van der Waals surface area contributed by atoms with Crippen molar-refractivity contribution in [1.29, 1.82) is 0 Å². The van der Waals surface area contributed by atoms with Crippen LogP contribution < -0.4 is 15.4 Å². The summed E-state index contributed by atoms with van der Waals surface area (Å²) in [4.78, 5) is 4.17. The lowest BCUT2D eigenvalue weighted by Gasteiger charge is -2.15. The molecule has 0 radical (unpaired) electrons. The van der Waals surface area contributed by atoms with E-state index in [0.29, 0.717) is 24.6 Å². The number of halogens is 2. The first-order valence-corrected chi connectivity index (χ1v) is 11.1. The van der Waals surface area contributed by atoms with Crippen LogP contribution in [-0.2, 0) is 28.9 Å². The number of nitrogens with zero attached hydrogens (tertiary/aromatic N) is 1. The van der Waals surface area contributed by atoms with Crippen molar-refractivity contribution in [2.24, 2.45) is 4.99 Å². The van der Waals surface area contributed by atoms with Crippen LogP contribution in [0.15, 0.2) is 47.5 Å². The summed E-state index contributed by atoms with van der Waals surface area (Å²) in [6, 6.07) is 12.3. The van der Waals surface area contributed by atoms with E-state index in [0.717, 1.165) is 16.7 Å². The van der Waals surface area contributed by atoms with Crippen molar-refractivity contribution >= 4 is 40.0 Å². The van der Waals surface area contributed by atoms with E-state index in [1.165, 1.54) is 6.07 Å². The molecule has 0 fully saturated rings. The molecule has 0 aliphatic heterocycles. The van der Waals surface area contributed by atoms with E-state index >= 15 is 0 Å². The van der Waals surface area contributed by atoms with E-state index in [2.05, 4.69) is 20.3 Å². The number of rotatable bonds is 8. The Morgan fingerprint density at radius 3 is 2.30 bits per heavy atom. The fraction of sp³-hybridized carbons (Fsp3) is 0.381. The molecule has 0 spiro atoms. The molecular formula is C21H30FIN4O2S. The molecule has 2 aromatic rings. The van der Waals surface area contributed by atoms with Crippen LogP contribution in [0.25, 0.3) is 0 Å². The summed E-state index contributed by atoms with van der Waals surface area (Å²) in [7, 11) is -1.77. The van der Waals surface area contributed by atoms with Crippen molar-refractivity contribution in [3.8, 4) is 0 Å². The third-order valence-corrected chi connectivity index (χ3v) is 5.77. The molecule has 0 unspecified atom stereocenters. The van der Waals surface area contributed by atoms with Gasteiger partial charge in [0.2, 0.25) is 10.0 Å². The summed E-state index contributed by atoms with van der Waals surface area (Å²) in [6.07, 6.45) is 0. The van der Waals surface area contributed by atoms with Crippen molar-refractivity contribution in [2.75, 3.05) is 7.05 Å². The summed E-state index contributed by atoms with van der Waals surface area (Å²) in [6.45, 7) is 6.14. The number of nitrogens with one attached hydrogen (secondary N) is 3. The summed E-state index contributed by atoms with van der Waals surface area (Å²) >= 11 is 0. The van der Waals surface area contributed by atoms with Gasteiger partial charge in [0, 0.05) is 26.2 Å². The van der Waals surface area contributed by atoms with Gasteiger partial charge in [0.15, 0.2) is 5.96 Å². The van der Waals surface area contributed by atoms with Crippen molar-refractivity contribution in [1.82, 2.24) is 15.4 Å². The minimum absolute atomic E-state index is 0. The number of aliphatic imine (C=N–C) groups is 1. The fourth-order valence-electron chi connectivity index (χ4n) is 2.81. The van der Waals surface area contributed by atoms with E-state index in [-0.39, 0.29) is 41.6 Å². The summed E-state index contributed by atoms with van der Waals surface area (Å²) in [5, 5.41) is 6.32. The molecule has 0 saturated carbocycles. The second-order valence-corrected chi connectivity index (χ2v) is 8.92. The highest BCUT2D eigenvalue weighted by Gasteiger charge is 2.15. The Hall–Kier alpha value is -1.72. The maximum Gasteiger partial charge on any atom is 0.216 e. The molecule has 6 nitrogen and oxygen atoms in total. The summed E-state index contributed by atoms with van der Waals surface area (Å²) < 4.78 is 40.8. The SMILES string of the molecule is CN=C(NCc1ccc(C)c(F)c1)NCc1ccccc1CS(=O)(=O)NC(C)C.I. The van der Waals surface area contributed by atoms with E-state index in [4.69, 9.17) is 0 Å². The molecule has 0 aliphatic carbocycles. The van der Waals surface area contributed by atoms with Gasteiger partial charge in [0.25, 0.3) is 0 Å². The van der Waals surface area contributed by atoms with Crippen LogP contribution in [0.5, 0.6) is 0 Å². The number of hydrogen-bond donors (Lipinski definition) is 3. The second-order valence-electron chi connectivity index (χ2n) is 7.16. The Labute approximate surface area is 195 Å². The number of sulfonamides is 1. The van der Waals surface area contributed by atoms with Crippen LogP contribution in [0, 0.1) is 12.7 Å². The standard InChI is InChI=1S/C21H29FN4O2S.HI/c1-15(2)26-29(27,28)14-19-8-6-5-7-18(19)13-25-21(23-4)24-12-17-10-9-16(3)20(22)11-17;/h5-11,15,26H,12-14H2,1-4H3,(H2,23,24,25);1H. The minimum atomic E-state index is -3.41. The number of aryl methyl sites for hydroxylation is 1. The Morgan fingerprint density at radius 1 is 1.07 bits per heavy atom. The third kappa shape index (κ3) is 8.57. The Balaban J connectivity index is 0.00000450. The maximum atomic E-state index is 13.7. The summed E-state index contributed by atoms with van der Waals surface area (Å²) in [5.41, 5.74) is 3.01. The number of hydrogen-bond acceptors (Lipinski definition) is 3. The van der Waals surface area contributed by atoms with Crippen molar-refractivity contribution in [3.05, 3.63) is 70.5 Å². The first-order valence-electron chi connectivity index (χ1n) is 9.46. The second kappa shape index (κ2) is 12.2. The molecule has 166 valence electrons. The van der Waals surface area contributed by atoms with Gasteiger partial charge in [0.05, 0.1) is 5.75 Å². The van der Waals surface area contributed by atoms with E-state index in [1.54, 1.807) is 33.9 Å². The van der Waals surface area contributed by atoms with Gasteiger partial charge in [-0.2, -0.15) is 0 Å². The van der Waals surface area contributed by atoms with E-state index in [1.807, 2.05) is 30.3 Å². The largest absolute Gasteiger partial charge is 0.352 e. The van der Waals surface area contributed by atoms with Crippen LogP contribution in [-0.4, -0.2) is 27.5 Å². The molecule has 0 saturated heterocycles. The monoisotopic (exact) mass is 548 g/mol. The van der Waals surface area contributed by atoms with Gasteiger partial charge in [-0.1, -0.05) is 36.4 Å². The highest BCUT2D eigenvalue weighted by atomic mass is 127. The zero-order valence-corrected chi connectivity index (χ0v) is 20.8. The lowest BCUT2D eigenvalue weighted by molar-refractivity contribution is 0.568. The Morgan fingerprint density at radius 2 is 1.70 bits per heavy atom. The molecule has 2 aromatic carbocycles. The minimum Gasteiger partial charge on any atom is -0.352 e. The van der Waals surface area contributed by atoms with E-state index < -0.39 is 10.0 Å². The highest BCUT2D eigenvalue weighted by Crippen LogP contribution is 2.13. The van der Waals surface area contributed by atoms with Crippen molar-refractivity contribution in [2.45, 2.75) is 45.7 Å². The highest BCUT2D eigenvalue weighted by molar-refractivity contribution is 14.0. The topological polar surface area (TPSA) is 82.6 Å². The van der Waals surface area contributed by atoms with Gasteiger partial charge in [-0.15, -0.1) is 24.0 Å². The average Bonchev–Trinajstić information content (AvgIpc) is 2.64. The predicted molar refractivity (Wildman–Crippen MR) is 131 cm³/mol. The quantitative estimate of drug-likeness (QED) is 0.268. The normalized spacial score (nSPS) is 11.9. The molecule has 9 heteroatoms. The first-order chi connectivity index (χ1) is 13.7. The van der Waals surface area contributed by atoms with Crippen LogP contribution in [0.4, 0.5) is 4.39 Å². The van der Waals surface area contributed by atoms with E-state index in [9.17, 15) is 12.8 Å². The van der Waals surface area contributed by atoms with Gasteiger partial charge >= 0.3 is 0 Å². The molecule has 0 bridgehead atoms. The molecule has 0 aromatic heterocycles. The molecular weight excluding hydrogens is 518 g/mol. The van der Waals surface area contributed by atoms with Gasteiger partial charge < -0.3 is 10.6 Å². The smallest absolute Gasteiger partial charge is 0.216 e. The summed E-state index contributed by atoms with van der Waals surface area (Å²) in [5.74, 6) is 0.221. The van der Waals surface area contributed by atoms with Crippen LogP contribution in [0.1, 0.15) is 36.1 Å². The molecule has 3 N–H and O–H groups in total. The van der Waals surface area contributed by atoms with Crippen LogP contribution in [0.2, 0.25) is 0 Å².